The fraction of sp³-hybridized carbons (Fsp3) is 0.300. The Balaban J connectivity index is 1.81. The van der Waals surface area contributed by atoms with E-state index in [0.717, 1.165) is 11.4 Å². The molecule has 29 heavy (non-hydrogen) atoms. The lowest BCUT2D eigenvalue weighted by molar-refractivity contribution is -0.142. The molecule has 0 radical (unpaired) electrons. The minimum atomic E-state index is -0.347. The molecule has 0 aliphatic heterocycles. The lowest BCUT2D eigenvalue weighted by Gasteiger charge is -2.12. The number of hydrogen-bond acceptors (Lipinski definition) is 6. The first-order valence-electron chi connectivity index (χ1n) is 9.14. The van der Waals surface area contributed by atoms with Gasteiger partial charge in [-0.15, -0.1) is 11.3 Å². The van der Waals surface area contributed by atoms with Gasteiger partial charge in [0.15, 0.2) is 5.13 Å². The van der Waals surface area contributed by atoms with E-state index >= 15 is 0 Å². The normalized spacial score (nSPS) is 10.9. The molecule has 0 spiro atoms. The van der Waals surface area contributed by atoms with E-state index in [9.17, 15) is 9.59 Å². The van der Waals surface area contributed by atoms with E-state index in [1.54, 1.807) is 35.3 Å². The second kappa shape index (κ2) is 9.19. The van der Waals surface area contributed by atoms with E-state index in [1.807, 2.05) is 26.0 Å². The van der Waals surface area contributed by atoms with Gasteiger partial charge in [0.05, 0.1) is 41.9 Å². The van der Waals surface area contributed by atoms with Crippen LogP contribution in [0.4, 0.5) is 5.13 Å². The van der Waals surface area contributed by atoms with E-state index < -0.39 is 0 Å². The Morgan fingerprint density at radius 3 is 2.83 bits per heavy atom. The van der Waals surface area contributed by atoms with Crippen molar-refractivity contribution in [1.29, 1.82) is 0 Å². The average molecular weight is 433 g/mol. The number of carbonyl (C=O) groups is 2. The highest BCUT2D eigenvalue weighted by Gasteiger charge is 2.22. The molecule has 1 amide bonds. The van der Waals surface area contributed by atoms with Gasteiger partial charge in [-0.1, -0.05) is 31.5 Å². The largest absolute Gasteiger partial charge is 0.466 e. The fourth-order valence-corrected chi connectivity index (χ4v) is 3.76. The van der Waals surface area contributed by atoms with Gasteiger partial charge >= 0.3 is 5.97 Å². The van der Waals surface area contributed by atoms with Crippen LogP contribution in [0.1, 0.15) is 48.4 Å². The summed E-state index contributed by atoms with van der Waals surface area (Å²) >= 11 is 7.36. The summed E-state index contributed by atoms with van der Waals surface area (Å²) in [6.45, 7) is 6.06. The predicted molar refractivity (Wildman–Crippen MR) is 113 cm³/mol. The second-order valence-corrected chi connectivity index (χ2v) is 7.86. The van der Waals surface area contributed by atoms with E-state index in [2.05, 4.69) is 15.4 Å². The molecule has 152 valence electrons. The molecule has 9 heteroatoms. The number of ether oxygens (including phenoxy) is 1. The summed E-state index contributed by atoms with van der Waals surface area (Å²) in [5.74, 6) is -0.604. The van der Waals surface area contributed by atoms with Crippen LogP contribution in [0.2, 0.25) is 5.02 Å². The van der Waals surface area contributed by atoms with Gasteiger partial charge in [0.2, 0.25) is 0 Å². The zero-order valence-electron chi connectivity index (χ0n) is 16.3. The van der Waals surface area contributed by atoms with Crippen molar-refractivity contribution in [3.63, 3.8) is 0 Å². The number of halogens is 1. The minimum absolute atomic E-state index is 0.0490. The van der Waals surface area contributed by atoms with Gasteiger partial charge in [0, 0.05) is 10.4 Å². The molecule has 3 rings (SSSR count). The first-order chi connectivity index (χ1) is 13.9. The zero-order valence-corrected chi connectivity index (χ0v) is 17.9. The number of nitrogens with zero attached hydrogens (tertiary/aromatic N) is 3. The van der Waals surface area contributed by atoms with Crippen molar-refractivity contribution < 1.29 is 14.3 Å². The van der Waals surface area contributed by atoms with Crippen LogP contribution in [0.25, 0.3) is 5.69 Å². The molecule has 2 heterocycles. The molecule has 1 N–H and O–H groups in total. The molecule has 0 saturated carbocycles. The molecule has 2 aromatic heterocycles. The molecule has 0 fully saturated rings. The van der Waals surface area contributed by atoms with E-state index in [1.165, 1.54) is 11.3 Å². The Morgan fingerprint density at radius 1 is 1.34 bits per heavy atom. The van der Waals surface area contributed by atoms with Gasteiger partial charge in [-0.3, -0.25) is 14.9 Å². The fourth-order valence-electron chi connectivity index (χ4n) is 2.87. The summed E-state index contributed by atoms with van der Waals surface area (Å²) in [7, 11) is 0. The quantitative estimate of drug-likeness (QED) is 0.557. The number of benzene rings is 1. The third-order valence-corrected chi connectivity index (χ3v) is 5.10. The molecule has 0 atom stereocenters. The SMILES string of the molecule is CCOC(=O)Cc1csc(NC(=O)c2cnn(-c3cccc(Cl)c3)c2C(C)C)n1. The molecular formula is C20H21ClN4O3S. The Labute approximate surface area is 177 Å². The molecule has 0 bridgehead atoms. The molecule has 1 aromatic carbocycles. The van der Waals surface area contributed by atoms with E-state index in [4.69, 9.17) is 16.3 Å². The Morgan fingerprint density at radius 2 is 2.14 bits per heavy atom. The summed E-state index contributed by atoms with van der Waals surface area (Å²) in [6.07, 6.45) is 1.61. The van der Waals surface area contributed by atoms with Crippen molar-refractivity contribution >= 4 is 39.9 Å². The summed E-state index contributed by atoms with van der Waals surface area (Å²) in [4.78, 5) is 28.7. The smallest absolute Gasteiger partial charge is 0.311 e. The standard InChI is InChI=1S/C20H21ClN4O3S/c1-4-28-17(26)9-14-11-29-20(23-14)24-19(27)16-10-22-25(18(16)12(2)3)15-7-5-6-13(21)8-15/h5-8,10-12H,4,9H2,1-3H3,(H,23,24,27). The van der Waals surface area contributed by atoms with Gasteiger partial charge < -0.3 is 4.74 Å². The monoisotopic (exact) mass is 432 g/mol. The second-order valence-electron chi connectivity index (χ2n) is 6.57. The maximum Gasteiger partial charge on any atom is 0.311 e. The number of esters is 1. The summed E-state index contributed by atoms with van der Waals surface area (Å²) in [5.41, 5.74) is 2.57. The lowest BCUT2D eigenvalue weighted by Crippen LogP contribution is -2.15. The number of amides is 1. The van der Waals surface area contributed by atoms with Crippen LogP contribution in [-0.4, -0.2) is 33.2 Å². The third kappa shape index (κ3) is 5.02. The number of hydrogen-bond donors (Lipinski definition) is 1. The van der Waals surface area contributed by atoms with Crippen molar-refractivity contribution in [2.45, 2.75) is 33.1 Å². The first-order valence-corrected chi connectivity index (χ1v) is 10.4. The number of rotatable bonds is 7. The minimum Gasteiger partial charge on any atom is -0.466 e. The highest BCUT2D eigenvalue weighted by molar-refractivity contribution is 7.14. The molecule has 3 aromatic rings. The maximum absolute atomic E-state index is 12.9. The Hall–Kier alpha value is -2.71. The van der Waals surface area contributed by atoms with Crippen LogP contribution < -0.4 is 5.32 Å². The van der Waals surface area contributed by atoms with Gasteiger partial charge in [0.25, 0.3) is 5.91 Å². The van der Waals surface area contributed by atoms with Crippen LogP contribution in [0.15, 0.2) is 35.8 Å². The number of carbonyl (C=O) groups excluding carboxylic acids is 2. The first kappa shape index (κ1) is 21.0. The molecule has 0 aliphatic carbocycles. The van der Waals surface area contributed by atoms with Crippen molar-refractivity contribution in [2.75, 3.05) is 11.9 Å². The van der Waals surface area contributed by atoms with Crippen molar-refractivity contribution in [3.8, 4) is 5.69 Å². The van der Waals surface area contributed by atoms with Crippen LogP contribution in [0, 0.1) is 0 Å². The summed E-state index contributed by atoms with van der Waals surface area (Å²) < 4.78 is 6.64. The number of thiazole rings is 1. The third-order valence-electron chi connectivity index (χ3n) is 4.05. The number of anilines is 1. The molecule has 0 unspecified atom stereocenters. The Bertz CT molecular complexity index is 1030. The van der Waals surface area contributed by atoms with Crippen LogP contribution in [-0.2, 0) is 16.0 Å². The average Bonchev–Trinajstić information content (AvgIpc) is 3.29. The predicted octanol–water partition coefficient (Wildman–Crippen LogP) is 4.46. The molecule has 0 aliphatic rings. The maximum atomic E-state index is 12.9. The van der Waals surface area contributed by atoms with Crippen LogP contribution in [0.3, 0.4) is 0 Å². The zero-order chi connectivity index (χ0) is 21.0. The van der Waals surface area contributed by atoms with Crippen LogP contribution >= 0.6 is 22.9 Å². The molecule has 7 nitrogen and oxygen atoms in total. The highest BCUT2D eigenvalue weighted by Crippen LogP contribution is 2.26. The summed E-state index contributed by atoms with van der Waals surface area (Å²) in [5, 5.41) is 9.92. The number of aromatic nitrogens is 3. The van der Waals surface area contributed by atoms with E-state index in [-0.39, 0.29) is 24.2 Å². The van der Waals surface area contributed by atoms with Gasteiger partial charge in [-0.05, 0) is 31.0 Å². The summed E-state index contributed by atoms with van der Waals surface area (Å²) in [6, 6.07) is 7.30. The van der Waals surface area contributed by atoms with Crippen molar-refractivity contribution in [3.05, 3.63) is 57.8 Å². The molecular weight excluding hydrogens is 412 g/mol. The van der Waals surface area contributed by atoms with E-state index in [0.29, 0.717) is 28.0 Å². The topological polar surface area (TPSA) is 86.1 Å². The Kier molecular flexibility index (Phi) is 6.66. The highest BCUT2D eigenvalue weighted by atomic mass is 35.5. The number of nitrogens with one attached hydrogen (secondary N) is 1. The van der Waals surface area contributed by atoms with Gasteiger partial charge in [0.1, 0.15) is 0 Å². The molecule has 0 saturated heterocycles. The van der Waals surface area contributed by atoms with Crippen molar-refractivity contribution in [2.24, 2.45) is 0 Å². The lowest BCUT2D eigenvalue weighted by atomic mass is 10.1. The van der Waals surface area contributed by atoms with Crippen molar-refractivity contribution in [1.82, 2.24) is 14.8 Å². The van der Waals surface area contributed by atoms with Gasteiger partial charge in [-0.25, -0.2) is 9.67 Å². The van der Waals surface area contributed by atoms with Crippen LogP contribution in [0.5, 0.6) is 0 Å². The van der Waals surface area contributed by atoms with Gasteiger partial charge in [-0.2, -0.15) is 5.10 Å².